The van der Waals surface area contributed by atoms with Crippen LogP contribution in [0.5, 0.6) is 0 Å². The minimum Gasteiger partial charge on any atom is -0.323 e. The van der Waals surface area contributed by atoms with Crippen molar-refractivity contribution in [2.75, 3.05) is 0 Å². The van der Waals surface area contributed by atoms with Crippen molar-refractivity contribution in [3.63, 3.8) is 0 Å². The number of halogens is 3. The summed E-state index contributed by atoms with van der Waals surface area (Å²) in [5, 5.41) is 1.24. The highest BCUT2D eigenvalue weighted by molar-refractivity contribution is 6.34. The molecule has 0 aliphatic carbocycles. The predicted octanol–water partition coefficient (Wildman–Crippen LogP) is 5.27. The number of nitrogens with zero attached hydrogens (tertiary/aromatic N) is 2. The lowest BCUT2D eigenvalue weighted by Gasteiger charge is -2.04. The van der Waals surface area contributed by atoms with E-state index in [4.69, 9.17) is 23.2 Å². The highest BCUT2D eigenvalue weighted by atomic mass is 35.5. The van der Waals surface area contributed by atoms with Crippen LogP contribution in [0.15, 0.2) is 61.1 Å². The molecule has 5 heteroatoms. The molecule has 3 rings (SSSR count). The molecule has 0 aliphatic rings. The first-order chi connectivity index (χ1) is 9.22. The zero-order valence-corrected chi connectivity index (χ0v) is 12.7. The van der Waals surface area contributed by atoms with E-state index in [2.05, 4.69) is 4.98 Å². The zero-order valence-electron chi connectivity index (χ0n) is 10.3. The van der Waals surface area contributed by atoms with Crippen molar-refractivity contribution in [2.45, 2.75) is 0 Å². The third-order valence-electron chi connectivity index (χ3n) is 2.80. The molecule has 0 N–H and O–H groups in total. The van der Waals surface area contributed by atoms with Crippen LogP contribution in [-0.4, -0.2) is 9.55 Å². The molecule has 0 amide bonds. The number of benzene rings is 1. The standard InChI is InChI=1S/C15H10Cl2N2.ClH/c16-12-7-13(17)9-14(8-12)19-6-4-11(10-19)15-3-1-2-5-18-15;/h1-10H;1H. The van der Waals surface area contributed by atoms with Gasteiger partial charge < -0.3 is 4.57 Å². The first kappa shape index (κ1) is 14.9. The van der Waals surface area contributed by atoms with Crippen LogP contribution < -0.4 is 0 Å². The molecule has 2 nitrogen and oxygen atoms in total. The molecule has 0 spiro atoms. The monoisotopic (exact) mass is 324 g/mol. The van der Waals surface area contributed by atoms with Gasteiger partial charge >= 0.3 is 0 Å². The number of pyridine rings is 1. The van der Waals surface area contributed by atoms with Gasteiger partial charge in [0.15, 0.2) is 0 Å². The molecule has 3 aromatic rings. The Balaban J connectivity index is 0.00000147. The van der Waals surface area contributed by atoms with Crippen molar-refractivity contribution in [2.24, 2.45) is 0 Å². The van der Waals surface area contributed by atoms with Gasteiger partial charge in [-0.3, -0.25) is 4.98 Å². The smallest absolute Gasteiger partial charge is 0.0717 e. The Bertz CT molecular complexity index is 688. The van der Waals surface area contributed by atoms with Crippen molar-refractivity contribution in [3.05, 3.63) is 71.1 Å². The summed E-state index contributed by atoms with van der Waals surface area (Å²) in [6, 6.07) is 13.3. The lowest BCUT2D eigenvalue weighted by Crippen LogP contribution is -1.89. The minimum absolute atomic E-state index is 0. The topological polar surface area (TPSA) is 17.8 Å². The first-order valence-electron chi connectivity index (χ1n) is 5.78. The van der Waals surface area contributed by atoms with Crippen LogP contribution in [0.2, 0.25) is 10.0 Å². The molecule has 2 heterocycles. The maximum atomic E-state index is 6.01. The molecule has 0 radical (unpaired) electrons. The summed E-state index contributed by atoms with van der Waals surface area (Å²) in [6.07, 6.45) is 5.75. The molecule has 102 valence electrons. The van der Waals surface area contributed by atoms with E-state index in [0.29, 0.717) is 10.0 Å². The summed E-state index contributed by atoms with van der Waals surface area (Å²) in [6.45, 7) is 0. The van der Waals surface area contributed by atoms with E-state index in [9.17, 15) is 0 Å². The summed E-state index contributed by atoms with van der Waals surface area (Å²) in [7, 11) is 0. The maximum absolute atomic E-state index is 6.01. The van der Waals surface area contributed by atoms with E-state index in [1.54, 1.807) is 12.3 Å². The van der Waals surface area contributed by atoms with Gasteiger partial charge in [0.2, 0.25) is 0 Å². The fourth-order valence-corrected chi connectivity index (χ4v) is 2.45. The van der Waals surface area contributed by atoms with Gasteiger partial charge in [0.05, 0.1) is 5.69 Å². The summed E-state index contributed by atoms with van der Waals surface area (Å²) in [5.74, 6) is 0. The molecule has 0 aliphatic heterocycles. The van der Waals surface area contributed by atoms with E-state index < -0.39 is 0 Å². The van der Waals surface area contributed by atoms with E-state index >= 15 is 0 Å². The Morgan fingerprint density at radius 3 is 2.35 bits per heavy atom. The molecule has 2 aromatic heterocycles. The maximum Gasteiger partial charge on any atom is 0.0717 e. The Kier molecular flexibility index (Phi) is 4.71. The summed E-state index contributed by atoms with van der Waals surface area (Å²) in [5.41, 5.74) is 2.92. The third kappa shape index (κ3) is 3.15. The van der Waals surface area contributed by atoms with Crippen LogP contribution in [0.4, 0.5) is 0 Å². The van der Waals surface area contributed by atoms with Crippen molar-refractivity contribution in [1.82, 2.24) is 9.55 Å². The van der Waals surface area contributed by atoms with Gasteiger partial charge in [0, 0.05) is 39.9 Å². The van der Waals surface area contributed by atoms with Crippen LogP contribution in [-0.2, 0) is 0 Å². The summed E-state index contributed by atoms with van der Waals surface area (Å²) in [4.78, 5) is 4.33. The van der Waals surface area contributed by atoms with Crippen molar-refractivity contribution in [1.29, 1.82) is 0 Å². The number of rotatable bonds is 2. The summed E-state index contributed by atoms with van der Waals surface area (Å²) >= 11 is 12.0. The highest BCUT2D eigenvalue weighted by Crippen LogP contribution is 2.24. The van der Waals surface area contributed by atoms with Crippen LogP contribution in [0.25, 0.3) is 16.9 Å². The van der Waals surface area contributed by atoms with Crippen molar-refractivity contribution in [3.8, 4) is 16.9 Å². The van der Waals surface area contributed by atoms with Gasteiger partial charge in [0.1, 0.15) is 0 Å². The van der Waals surface area contributed by atoms with Crippen molar-refractivity contribution < 1.29 is 0 Å². The van der Waals surface area contributed by atoms with Gasteiger partial charge in [-0.2, -0.15) is 0 Å². The van der Waals surface area contributed by atoms with Gasteiger partial charge in [-0.15, -0.1) is 12.4 Å². The van der Waals surface area contributed by atoms with Gasteiger partial charge in [-0.05, 0) is 36.4 Å². The average Bonchev–Trinajstić information content (AvgIpc) is 2.88. The average molecular weight is 326 g/mol. The highest BCUT2D eigenvalue weighted by Gasteiger charge is 2.04. The quantitative estimate of drug-likeness (QED) is 0.628. The van der Waals surface area contributed by atoms with E-state index in [0.717, 1.165) is 16.9 Å². The Morgan fingerprint density at radius 1 is 0.950 bits per heavy atom. The third-order valence-corrected chi connectivity index (χ3v) is 3.24. The first-order valence-corrected chi connectivity index (χ1v) is 6.54. The van der Waals surface area contributed by atoms with Crippen LogP contribution in [0.3, 0.4) is 0 Å². The van der Waals surface area contributed by atoms with Crippen molar-refractivity contribution >= 4 is 35.6 Å². The second-order valence-corrected chi connectivity index (χ2v) is 5.02. The van der Waals surface area contributed by atoms with E-state index in [1.807, 2.05) is 53.4 Å². The Morgan fingerprint density at radius 2 is 1.70 bits per heavy atom. The number of hydrogen-bond donors (Lipinski definition) is 0. The molecular weight excluding hydrogens is 315 g/mol. The lowest BCUT2D eigenvalue weighted by molar-refractivity contribution is 1.08. The van der Waals surface area contributed by atoms with Crippen LogP contribution in [0, 0.1) is 0 Å². The second-order valence-electron chi connectivity index (χ2n) is 4.15. The minimum atomic E-state index is 0. The second kappa shape index (κ2) is 6.31. The molecule has 1 aromatic carbocycles. The fraction of sp³-hybridized carbons (Fsp3) is 0. The molecule has 0 saturated carbocycles. The SMILES string of the molecule is Cl.Clc1cc(Cl)cc(-n2ccc(-c3ccccn3)c2)c1. The van der Waals surface area contributed by atoms with Gasteiger partial charge in [-0.25, -0.2) is 0 Å². The predicted molar refractivity (Wildman–Crippen MR) is 86.3 cm³/mol. The molecule has 0 atom stereocenters. The molecule has 0 unspecified atom stereocenters. The van der Waals surface area contributed by atoms with E-state index in [-0.39, 0.29) is 12.4 Å². The molecule has 0 bridgehead atoms. The molecular formula is C15H11Cl3N2. The molecule has 20 heavy (non-hydrogen) atoms. The molecule has 0 saturated heterocycles. The van der Waals surface area contributed by atoms with Crippen LogP contribution in [0.1, 0.15) is 0 Å². The lowest BCUT2D eigenvalue weighted by atomic mass is 10.2. The summed E-state index contributed by atoms with van der Waals surface area (Å²) < 4.78 is 1.97. The largest absolute Gasteiger partial charge is 0.323 e. The number of aromatic nitrogens is 2. The fourth-order valence-electron chi connectivity index (χ4n) is 1.93. The van der Waals surface area contributed by atoms with Crippen LogP contribution >= 0.6 is 35.6 Å². The number of hydrogen-bond acceptors (Lipinski definition) is 1. The zero-order chi connectivity index (χ0) is 13.2. The Hall–Kier alpha value is -1.48. The van der Waals surface area contributed by atoms with Gasteiger partial charge in [0.25, 0.3) is 0 Å². The Labute approximate surface area is 133 Å². The van der Waals surface area contributed by atoms with E-state index in [1.165, 1.54) is 0 Å². The normalized spacial score (nSPS) is 10.1. The van der Waals surface area contributed by atoms with Gasteiger partial charge in [-0.1, -0.05) is 29.3 Å². The molecule has 0 fully saturated rings.